The predicted octanol–water partition coefficient (Wildman–Crippen LogP) is 2.12. The molecule has 138 valence electrons. The van der Waals surface area contributed by atoms with E-state index < -0.39 is 28.0 Å². The summed E-state index contributed by atoms with van der Waals surface area (Å²) in [6.07, 6.45) is -1.04. The number of nitrogens with zero attached hydrogens (tertiary/aromatic N) is 1. The van der Waals surface area contributed by atoms with Gasteiger partial charge >= 0.3 is 5.97 Å². The number of ether oxygens (including phenoxy) is 1. The van der Waals surface area contributed by atoms with Gasteiger partial charge in [-0.25, -0.2) is 17.5 Å². The quantitative estimate of drug-likeness (QED) is 0.780. The molecule has 1 amide bonds. The van der Waals surface area contributed by atoms with E-state index in [-0.39, 0.29) is 4.90 Å². The lowest BCUT2D eigenvalue weighted by atomic mass is 10.2. The van der Waals surface area contributed by atoms with Crippen LogP contribution in [0.3, 0.4) is 0 Å². The summed E-state index contributed by atoms with van der Waals surface area (Å²) in [5.41, 5.74) is 0.631. The van der Waals surface area contributed by atoms with Gasteiger partial charge in [0.15, 0.2) is 6.10 Å². The van der Waals surface area contributed by atoms with Crippen molar-refractivity contribution in [1.82, 2.24) is 4.31 Å². The summed E-state index contributed by atoms with van der Waals surface area (Å²) in [5, 5.41) is 2.55. The second kappa shape index (κ2) is 8.11. The molecule has 0 spiro atoms. The zero-order valence-corrected chi connectivity index (χ0v) is 15.5. The fourth-order valence-electron chi connectivity index (χ4n) is 2.05. The maximum absolute atomic E-state index is 12.2. The van der Waals surface area contributed by atoms with Crippen LogP contribution in [0.2, 0.25) is 0 Å². The molecule has 2 aromatic carbocycles. The molecule has 0 saturated heterocycles. The molecule has 1 atom stereocenters. The number of nitrogens with one attached hydrogen (secondary N) is 1. The normalized spacial score (nSPS) is 12.5. The fraction of sp³-hybridized carbons (Fsp3) is 0.222. The van der Waals surface area contributed by atoms with Crippen LogP contribution < -0.4 is 5.32 Å². The molecule has 1 N–H and O–H groups in total. The minimum atomic E-state index is -3.61. The highest BCUT2D eigenvalue weighted by molar-refractivity contribution is 7.89. The van der Waals surface area contributed by atoms with Gasteiger partial charge in [-0.15, -0.1) is 0 Å². The molecule has 8 heteroatoms. The molecule has 0 saturated carbocycles. The number of sulfonamides is 1. The summed E-state index contributed by atoms with van der Waals surface area (Å²) < 4.78 is 30.5. The minimum Gasteiger partial charge on any atom is -0.449 e. The first-order chi connectivity index (χ1) is 12.2. The largest absolute Gasteiger partial charge is 0.449 e. The van der Waals surface area contributed by atoms with Gasteiger partial charge in [-0.05, 0) is 37.3 Å². The number of carbonyl (C=O) groups excluding carboxylic acids is 2. The third kappa shape index (κ3) is 4.68. The molecular weight excluding hydrogens is 356 g/mol. The van der Waals surface area contributed by atoms with Crippen LogP contribution >= 0.6 is 0 Å². The summed E-state index contributed by atoms with van der Waals surface area (Å²) in [7, 11) is -0.769. The van der Waals surface area contributed by atoms with Gasteiger partial charge < -0.3 is 10.1 Å². The minimum absolute atomic E-state index is 0.0502. The zero-order chi connectivity index (χ0) is 19.3. The molecule has 0 aromatic heterocycles. The molecule has 0 radical (unpaired) electrons. The van der Waals surface area contributed by atoms with Gasteiger partial charge in [-0.2, -0.15) is 0 Å². The number of rotatable bonds is 6. The number of anilines is 1. The van der Waals surface area contributed by atoms with E-state index in [1.807, 2.05) is 0 Å². The molecule has 0 aliphatic rings. The molecular formula is C18H20N2O5S. The summed E-state index contributed by atoms with van der Waals surface area (Å²) in [6.45, 7) is 1.44. The third-order valence-corrected chi connectivity index (χ3v) is 5.35. The Bertz CT molecular complexity index is 895. The topological polar surface area (TPSA) is 92.8 Å². The molecule has 0 bridgehead atoms. The Labute approximate surface area is 152 Å². The van der Waals surface area contributed by atoms with Crippen LogP contribution in [0.5, 0.6) is 0 Å². The Balaban J connectivity index is 2.06. The van der Waals surface area contributed by atoms with Gasteiger partial charge in [-0.1, -0.05) is 24.3 Å². The highest BCUT2D eigenvalue weighted by atomic mass is 32.2. The van der Waals surface area contributed by atoms with Gasteiger partial charge in [0.2, 0.25) is 10.0 Å². The number of hydrogen-bond acceptors (Lipinski definition) is 5. The first kappa shape index (κ1) is 19.6. The number of carbonyl (C=O) groups is 2. The smallest absolute Gasteiger partial charge is 0.338 e. The van der Waals surface area contributed by atoms with Crippen LogP contribution in [0.25, 0.3) is 0 Å². The Morgan fingerprint density at radius 1 is 1.04 bits per heavy atom. The fourth-order valence-corrected chi connectivity index (χ4v) is 2.99. The molecule has 0 aliphatic heterocycles. The maximum atomic E-state index is 12.2. The highest BCUT2D eigenvalue weighted by Crippen LogP contribution is 2.18. The monoisotopic (exact) mass is 376 g/mol. The summed E-state index contributed by atoms with van der Waals surface area (Å²) in [4.78, 5) is 24.3. The van der Waals surface area contributed by atoms with E-state index in [0.717, 1.165) is 4.31 Å². The number of benzene rings is 2. The molecule has 2 aromatic rings. The van der Waals surface area contributed by atoms with Gasteiger partial charge in [0, 0.05) is 19.8 Å². The first-order valence-electron chi connectivity index (χ1n) is 7.81. The van der Waals surface area contributed by atoms with Crippen molar-refractivity contribution in [3.05, 3.63) is 60.2 Å². The standard InChI is InChI=1S/C18H20N2O5S/c1-13(25-18(22)14-8-5-4-6-9-14)17(21)19-15-10-7-11-16(12-15)26(23,24)20(2)3/h4-13H,1-3H3,(H,19,21)/t13-/m0/s1. The van der Waals surface area contributed by atoms with Crippen LogP contribution in [0.1, 0.15) is 17.3 Å². The van der Waals surface area contributed by atoms with Crippen LogP contribution in [0, 0.1) is 0 Å². The molecule has 26 heavy (non-hydrogen) atoms. The second-order valence-corrected chi connectivity index (χ2v) is 7.87. The van der Waals surface area contributed by atoms with Crippen molar-refractivity contribution >= 4 is 27.6 Å². The summed E-state index contributed by atoms with van der Waals surface area (Å²) >= 11 is 0. The first-order valence-corrected chi connectivity index (χ1v) is 9.25. The maximum Gasteiger partial charge on any atom is 0.338 e. The van der Waals surface area contributed by atoms with E-state index in [4.69, 9.17) is 4.74 Å². The lowest BCUT2D eigenvalue weighted by Gasteiger charge is -2.15. The van der Waals surface area contributed by atoms with Gasteiger partial charge in [0.1, 0.15) is 0 Å². The number of esters is 1. The second-order valence-electron chi connectivity index (χ2n) is 5.72. The number of amides is 1. The van der Waals surface area contributed by atoms with E-state index in [1.54, 1.807) is 36.4 Å². The van der Waals surface area contributed by atoms with E-state index in [0.29, 0.717) is 11.3 Å². The Hall–Kier alpha value is -2.71. The van der Waals surface area contributed by atoms with Crippen molar-refractivity contribution in [2.45, 2.75) is 17.9 Å². The molecule has 0 unspecified atom stereocenters. The molecule has 0 aliphatic carbocycles. The van der Waals surface area contributed by atoms with Gasteiger partial charge in [0.05, 0.1) is 10.5 Å². The Morgan fingerprint density at radius 3 is 2.31 bits per heavy atom. The SMILES string of the molecule is C[C@H](OC(=O)c1ccccc1)C(=O)Nc1cccc(S(=O)(=O)N(C)C)c1. The summed E-state index contributed by atoms with van der Waals surface area (Å²) in [5.74, 6) is -1.18. The summed E-state index contributed by atoms with van der Waals surface area (Å²) in [6, 6.07) is 14.2. The average Bonchev–Trinajstić information content (AvgIpc) is 2.62. The average molecular weight is 376 g/mol. The van der Waals surface area contributed by atoms with E-state index in [2.05, 4.69) is 5.32 Å². The van der Waals surface area contributed by atoms with Crippen LogP contribution in [-0.4, -0.2) is 44.8 Å². The third-order valence-electron chi connectivity index (χ3n) is 3.54. The lowest BCUT2D eigenvalue weighted by Crippen LogP contribution is -2.30. The van der Waals surface area contributed by atoms with Crippen LogP contribution in [0.15, 0.2) is 59.5 Å². The molecule has 7 nitrogen and oxygen atoms in total. The van der Waals surface area contributed by atoms with E-state index in [9.17, 15) is 18.0 Å². The van der Waals surface area contributed by atoms with Crippen LogP contribution in [0.4, 0.5) is 5.69 Å². The van der Waals surface area contributed by atoms with Crippen molar-refractivity contribution in [2.24, 2.45) is 0 Å². The van der Waals surface area contributed by atoms with E-state index in [1.165, 1.54) is 39.2 Å². The molecule has 0 heterocycles. The molecule has 2 rings (SSSR count). The van der Waals surface area contributed by atoms with Gasteiger partial charge in [0.25, 0.3) is 5.91 Å². The van der Waals surface area contributed by atoms with Crippen molar-refractivity contribution in [1.29, 1.82) is 0 Å². The van der Waals surface area contributed by atoms with Crippen molar-refractivity contribution in [2.75, 3.05) is 19.4 Å². The lowest BCUT2D eigenvalue weighted by molar-refractivity contribution is -0.123. The predicted molar refractivity (Wildman–Crippen MR) is 97.3 cm³/mol. The van der Waals surface area contributed by atoms with Crippen molar-refractivity contribution in [3.8, 4) is 0 Å². The Kier molecular flexibility index (Phi) is 6.12. The van der Waals surface area contributed by atoms with Crippen molar-refractivity contribution < 1.29 is 22.7 Å². The van der Waals surface area contributed by atoms with Gasteiger partial charge in [-0.3, -0.25) is 4.79 Å². The van der Waals surface area contributed by atoms with Crippen LogP contribution in [-0.2, 0) is 19.6 Å². The Morgan fingerprint density at radius 2 is 1.69 bits per heavy atom. The zero-order valence-electron chi connectivity index (χ0n) is 14.7. The molecule has 0 fully saturated rings. The van der Waals surface area contributed by atoms with Crippen molar-refractivity contribution in [3.63, 3.8) is 0 Å². The highest BCUT2D eigenvalue weighted by Gasteiger charge is 2.21. The number of hydrogen-bond donors (Lipinski definition) is 1. The van der Waals surface area contributed by atoms with E-state index >= 15 is 0 Å².